The lowest BCUT2D eigenvalue weighted by atomic mass is 9.54. The van der Waals surface area contributed by atoms with E-state index in [0.717, 1.165) is 31.1 Å². The van der Waals surface area contributed by atoms with Crippen LogP contribution in [0, 0.1) is 11.8 Å². The summed E-state index contributed by atoms with van der Waals surface area (Å²) in [6.07, 6.45) is 5.51. The van der Waals surface area contributed by atoms with Gasteiger partial charge in [0.15, 0.2) is 0 Å². The Morgan fingerprint density at radius 1 is 1.04 bits per heavy atom. The lowest BCUT2D eigenvalue weighted by Crippen LogP contribution is -2.44. The van der Waals surface area contributed by atoms with Crippen molar-refractivity contribution in [2.24, 2.45) is 0 Å². The first-order valence-electron chi connectivity index (χ1n) is 10.4. The van der Waals surface area contributed by atoms with E-state index in [9.17, 15) is 0 Å². The quantitative estimate of drug-likeness (QED) is 0.608. The summed E-state index contributed by atoms with van der Waals surface area (Å²) in [7, 11) is 1.35. The van der Waals surface area contributed by atoms with Crippen LogP contribution < -0.4 is 0 Å². The summed E-state index contributed by atoms with van der Waals surface area (Å²) in [5, 5.41) is 0. The van der Waals surface area contributed by atoms with Crippen molar-refractivity contribution in [1.82, 2.24) is 4.90 Å². The van der Waals surface area contributed by atoms with Crippen LogP contribution in [0.25, 0.3) is 0 Å². The molecule has 2 atom stereocenters. The van der Waals surface area contributed by atoms with Crippen molar-refractivity contribution in [2.45, 2.75) is 44.0 Å². The van der Waals surface area contributed by atoms with Gasteiger partial charge in [-0.1, -0.05) is 85.5 Å². The first-order valence-corrected chi connectivity index (χ1v) is 10.4. The Bertz CT molecular complexity index is 772. The molecular formula is C24H28BNO. The number of nitrogens with zero attached hydrogens (tertiary/aromatic N) is 1. The van der Waals surface area contributed by atoms with Gasteiger partial charge in [0.25, 0.3) is 0 Å². The third kappa shape index (κ3) is 5.03. The largest absolute Gasteiger partial charge is 0.377 e. The zero-order valence-corrected chi connectivity index (χ0v) is 16.1. The van der Waals surface area contributed by atoms with Crippen molar-refractivity contribution in [3.8, 4) is 11.8 Å². The van der Waals surface area contributed by atoms with E-state index in [1.54, 1.807) is 0 Å². The standard InChI is InChI=1S/C24H28BNO/c1-2-6-21(7-3-1)18-26-16-17-27-19-23(26)14-11-20-9-12-22(13-10-20)24-8-4-5-15-25-24/h1-3,6-7,9-10,12-13,23-25H,4-5,8,15-19H2. The second-order valence-electron chi connectivity index (χ2n) is 7.77. The van der Waals surface area contributed by atoms with Crippen LogP contribution in [0.4, 0.5) is 0 Å². The molecule has 0 spiro atoms. The van der Waals surface area contributed by atoms with Gasteiger partial charge in [-0.15, -0.1) is 0 Å². The predicted molar refractivity (Wildman–Crippen MR) is 113 cm³/mol. The molecule has 4 rings (SSSR count). The monoisotopic (exact) mass is 357 g/mol. The fourth-order valence-electron chi connectivity index (χ4n) is 4.22. The van der Waals surface area contributed by atoms with E-state index in [1.807, 2.05) is 0 Å². The average Bonchev–Trinajstić information content (AvgIpc) is 2.75. The van der Waals surface area contributed by atoms with E-state index in [4.69, 9.17) is 4.74 Å². The number of hydrogen-bond acceptors (Lipinski definition) is 2. The molecule has 0 aliphatic carbocycles. The second-order valence-corrected chi connectivity index (χ2v) is 7.77. The molecule has 2 nitrogen and oxygen atoms in total. The van der Waals surface area contributed by atoms with Gasteiger partial charge >= 0.3 is 0 Å². The average molecular weight is 357 g/mol. The maximum atomic E-state index is 5.69. The molecule has 0 bridgehead atoms. The van der Waals surface area contributed by atoms with E-state index in [2.05, 4.69) is 71.3 Å². The van der Waals surface area contributed by atoms with Crippen LogP contribution in [0.3, 0.4) is 0 Å². The summed E-state index contributed by atoms with van der Waals surface area (Å²) in [4.78, 5) is 2.43. The van der Waals surface area contributed by atoms with Gasteiger partial charge < -0.3 is 4.74 Å². The highest BCUT2D eigenvalue weighted by atomic mass is 16.5. The molecule has 2 aliphatic rings. The van der Waals surface area contributed by atoms with E-state index in [0.29, 0.717) is 6.61 Å². The second kappa shape index (κ2) is 9.26. The third-order valence-electron chi connectivity index (χ3n) is 5.84. The highest BCUT2D eigenvalue weighted by Gasteiger charge is 2.21. The highest BCUT2D eigenvalue weighted by molar-refractivity contribution is 6.38. The van der Waals surface area contributed by atoms with E-state index in [1.165, 1.54) is 44.0 Å². The summed E-state index contributed by atoms with van der Waals surface area (Å²) < 4.78 is 5.69. The van der Waals surface area contributed by atoms with Gasteiger partial charge in [0.2, 0.25) is 0 Å². The highest BCUT2D eigenvalue weighted by Crippen LogP contribution is 2.27. The minimum atomic E-state index is 0.164. The molecule has 138 valence electrons. The van der Waals surface area contributed by atoms with E-state index < -0.39 is 0 Å². The predicted octanol–water partition coefficient (Wildman–Crippen LogP) is 4.02. The number of benzene rings is 2. The zero-order valence-electron chi connectivity index (χ0n) is 16.1. The number of morpholine rings is 1. The topological polar surface area (TPSA) is 12.5 Å². The first kappa shape index (κ1) is 18.4. The lowest BCUT2D eigenvalue weighted by molar-refractivity contribution is 0.00958. The van der Waals surface area contributed by atoms with Gasteiger partial charge in [-0.2, -0.15) is 0 Å². The minimum absolute atomic E-state index is 0.164. The Hall–Kier alpha value is -2.02. The third-order valence-corrected chi connectivity index (χ3v) is 5.84. The molecule has 2 aromatic carbocycles. The molecule has 0 amide bonds. The summed E-state index contributed by atoms with van der Waals surface area (Å²) in [5.74, 6) is 7.60. The van der Waals surface area contributed by atoms with Crippen LogP contribution in [0.5, 0.6) is 0 Å². The number of rotatable bonds is 3. The molecule has 0 radical (unpaired) electrons. The number of hydrogen-bond donors (Lipinski definition) is 0. The fraction of sp³-hybridized carbons (Fsp3) is 0.417. The molecule has 2 aromatic rings. The molecule has 2 heterocycles. The van der Waals surface area contributed by atoms with Crippen molar-refractivity contribution in [3.05, 3.63) is 71.3 Å². The van der Waals surface area contributed by atoms with Crippen molar-refractivity contribution in [1.29, 1.82) is 0 Å². The van der Waals surface area contributed by atoms with Crippen LogP contribution in [0.15, 0.2) is 54.6 Å². The Labute approximate surface area is 164 Å². The molecule has 27 heavy (non-hydrogen) atoms. The van der Waals surface area contributed by atoms with Gasteiger partial charge in [-0.05, 0) is 23.5 Å². The molecule has 2 fully saturated rings. The van der Waals surface area contributed by atoms with Gasteiger partial charge in [0, 0.05) is 18.7 Å². The molecule has 2 unspecified atom stereocenters. The van der Waals surface area contributed by atoms with Gasteiger partial charge in [0.05, 0.1) is 19.3 Å². The summed E-state index contributed by atoms with van der Waals surface area (Å²) >= 11 is 0. The SMILES string of the molecule is B1CCCCC1c1ccc(C#CC2COCCN2Cc2ccccc2)cc1. The van der Waals surface area contributed by atoms with Crippen molar-refractivity contribution in [2.75, 3.05) is 19.8 Å². The number of ether oxygens (including phenoxy) is 1. The summed E-state index contributed by atoms with van der Waals surface area (Å²) in [5.41, 5.74) is 3.94. The fourth-order valence-corrected chi connectivity index (χ4v) is 4.22. The molecule has 3 heteroatoms. The normalized spacial score (nSPS) is 23.1. The smallest absolute Gasteiger partial charge is 0.129 e. The van der Waals surface area contributed by atoms with Gasteiger partial charge in [0.1, 0.15) is 7.28 Å². The Balaban J connectivity index is 1.42. The molecule has 2 saturated heterocycles. The van der Waals surface area contributed by atoms with Crippen LogP contribution in [-0.4, -0.2) is 38.0 Å². The Morgan fingerprint density at radius 3 is 2.67 bits per heavy atom. The molecule has 0 saturated carbocycles. The first-order chi connectivity index (χ1) is 13.4. The van der Waals surface area contributed by atoms with E-state index in [-0.39, 0.29) is 6.04 Å². The molecule has 0 N–H and O–H groups in total. The Kier molecular flexibility index (Phi) is 6.30. The minimum Gasteiger partial charge on any atom is -0.377 e. The van der Waals surface area contributed by atoms with Crippen LogP contribution in [-0.2, 0) is 11.3 Å². The van der Waals surface area contributed by atoms with Crippen molar-refractivity contribution < 1.29 is 4.74 Å². The maximum Gasteiger partial charge on any atom is 0.129 e. The van der Waals surface area contributed by atoms with Gasteiger partial charge in [-0.3, -0.25) is 4.90 Å². The van der Waals surface area contributed by atoms with Gasteiger partial charge in [-0.25, -0.2) is 0 Å². The van der Waals surface area contributed by atoms with Crippen LogP contribution in [0.1, 0.15) is 41.8 Å². The Morgan fingerprint density at radius 2 is 1.89 bits per heavy atom. The lowest BCUT2D eigenvalue weighted by Gasteiger charge is -2.32. The molecule has 0 aromatic heterocycles. The maximum absolute atomic E-state index is 5.69. The molecule has 2 aliphatic heterocycles. The van der Waals surface area contributed by atoms with E-state index >= 15 is 0 Å². The summed E-state index contributed by atoms with van der Waals surface area (Å²) in [6, 6.07) is 19.8. The van der Waals surface area contributed by atoms with Crippen LogP contribution in [0.2, 0.25) is 6.32 Å². The van der Waals surface area contributed by atoms with Crippen molar-refractivity contribution in [3.63, 3.8) is 0 Å². The van der Waals surface area contributed by atoms with Crippen molar-refractivity contribution >= 4 is 7.28 Å². The zero-order chi connectivity index (χ0) is 18.3. The van der Waals surface area contributed by atoms with Crippen LogP contribution >= 0.6 is 0 Å². The summed E-state index contributed by atoms with van der Waals surface area (Å²) in [6.45, 7) is 3.36. The molecular weight excluding hydrogens is 329 g/mol.